The first-order valence-electron chi connectivity index (χ1n) is 1.13. The van der Waals surface area contributed by atoms with Gasteiger partial charge in [-0.2, -0.15) is 0 Å². The van der Waals surface area contributed by atoms with Crippen LogP contribution in [0, 0.1) is 0 Å². The van der Waals surface area contributed by atoms with Crippen molar-refractivity contribution >= 4 is 23.1 Å². The van der Waals surface area contributed by atoms with Gasteiger partial charge in [-0.1, -0.05) is 0 Å². The van der Waals surface area contributed by atoms with E-state index in [0.29, 0.717) is 0 Å². The van der Waals surface area contributed by atoms with Gasteiger partial charge in [0.25, 0.3) is 0 Å². The van der Waals surface area contributed by atoms with E-state index in [1.165, 1.54) is 0 Å². The van der Waals surface area contributed by atoms with Crippen LogP contribution in [0.2, 0.25) is 0 Å². The van der Waals surface area contributed by atoms with Crippen LogP contribution in [-0.4, -0.2) is 46.5 Å². The zero-order valence-electron chi connectivity index (χ0n) is 3.02. The fourth-order valence-corrected chi connectivity index (χ4v) is 0. The molecule has 0 aliphatic rings. The molecule has 2 radical (unpaired) electrons. The molecule has 2 nitrogen and oxygen atoms in total. The molecule has 0 aliphatic carbocycles. The first-order valence-corrected chi connectivity index (χ1v) is 1.13. The predicted molar refractivity (Wildman–Crippen MR) is 19.9 cm³/mol. The Morgan fingerprint density at radius 1 is 1.00 bits per heavy atom. The van der Waals surface area contributed by atoms with E-state index in [0.717, 1.165) is 0 Å². The average Bonchev–Trinajstić information content (AvgIpc) is 1.37. The molecule has 28 valence electrons. The quantitative estimate of drug-likeness (QED) is 0.385. The van der Waals surface area contributed by atoms with E-state index in [9.17, 15) is 0 Å². The fraction of sp³-hybridized carbons (Fsp3) is 1.00. The SMILES string of the molecule is OCCO.[Mg]. The summed E-state index contributed by atoms with van der Waals surface area (Å²) in [6.45, 7) is -0.250. The minimum atomic E-state index is -0.125. The van der Waals surface area contributed by atoms with Gasteiger partial charge in [0.15, 0.2) is 0 Å². The molecule has 0 saturated carbocycles. The third-order valence-electron chi connectivity index (χ3n) is 0.1000. The molecule has 0 bridgehead atoms. The lowest BCUT2D eigenvalue weighted by atomic mass is 10.8. The molecule has 0 saturated heterocycles. The summed E-state index contributed by atoms with van der Waals surface area (Å²) >= 11 is 0. The van der Waals surface area contributed by atoms with Gasteiger partial charge in [-0.3, -0.25) is 0 Å². The van der Waals surface area contributed by atoms with E-state index in [2.05, 4.69) is 0 Å². The van der Waals surface area contributed by atoms with Crippen molar-refractivity contribution < 1.29 is 10.2 Å². The lowest BCUT2D eigenvalue weighted by Crippen LogP contribution is -1.85. The van der Waals surface area contributed by atoms with E-state index in [4.69, 9.17) is 10.2 Å². The number of aliphatic hydroxyl groups excluding tert-OH is 2. The Balaban J connectivity index is 0. The Morgan fingerprint density at radius 3 is 1.20 bits per heavy atom. The van der Waals surface area contributed by atoms with Gasteiger partial charge in [0.05, 0.1) is 13.2 Å². The van der Waals surface area contributed by atoms with E-state index in [1.54, 1.807) is 0 Å². The molecular weight excluding hydrogens is 80.3 g/mol. The van der Waals surface area contributed by atoms with Gasteiger partial charge in [0.2, 0.25) is 0 Å². The second-order valence-corrected chi connectivity index (χ2v) is 0.447. The van der Waals surface area contributed by atoms with Crippen LogP contribution in [0.15, 0.2) is 0 Å². The molecule has 0 aromatic heterocycles. The highest BCUT2D eigenvalue weighted by molar-refractivity contribution is 5.75. The van der Waals surface area contributed by atoms with Crippen LogP contribution in [-0.2, 0) is 0 Å². The molecule has 0 aliphatic heterocycles. The van der Waals surface area contributed by atoms with Crippen molar-refractivity contribution in [2.24, 2.45) is 0 Å². The molecule has 0 unspecified atom stereocenters. The fourth-order valence-electron chi connectivity index (χ4n) is 0. The lowest BCUT2D eigenvalue weighted by molar-refractivity contribution is 0.186. The van der Waals surface area contributed by atoms with Gasteiger partial charge in [-0.25, -0.2) is 0 Å². The summed E-state index contributed by atoms with van der Waals surface area (Å²) in [5.74, 6) is 0. The summed E-state index contributed by atoms with van der Waals surface area (Å²) in [6.07, 6.45) is 0. The highest BCUT2D eigenvalue weighted by atomic mass is 24.3. The molecule has 0 spiro atoms. The second kappa shape index (κ2) is 8.82. The normalized spacial score (nSPS) is 6.00. The van der Waals surface area contributed by atoms with Crippen LogP contribution in [0.25, 0.3) is 0 Å². The van der Waals surface area contributed by atoms with Crippen LogP contribution >= 0.6 is 0 Å². The van der Waals surface area contributed by atoms with Crippen molar-refractivity contribution in [2.45, 2.75) is 0 Å². The molecule has 2 N–H and O–H groups in total. The Bertz CT molecular complexity index is 9.61. The molecule has 0 rings (SSSR count). The van der Waals surface area contributed by atoms with Crippen molar-refractivity contribution in [2.75, 3.05) is 13.2 Å². The zero-order valence-corrected chi connectivity index (χ0v) is 4.43. The van der Waals surface area contributed by atoms with Gasteiger partial charge >= 0.3 is 0 Å². The monoisotopic (exact) mass is 86.0 g/mol. The van der Waals surface area contributed by atoms with Crippen molar-refractivity contribution in [3.05, 3.63) is 0 Å². The average molecular weight is 86.4 g/mol. The van der Waals surface area contributed by atoms with Crippen molar-refractivity contribution in [1.29, 1.82) is 0 Å². The third kappa shape index (κ3) is 11.9. The van der Waals surface area contributed by atoms with Gasteiger partial charge < -0.3 is 10.2 Å². The molecule has 0 heterocycles. The number of rotatable bonds is 1. The van der Waals surface area contributed by atoms with Gasteiger partial charge in [-0.05, 0) is 0 Å². The largest absolute Gasteiger partial charge is 0.394 e. The molecule has 0 fully saturated rings. The van der Waals surface area contributed by atoms with Crippen molar-refractivity contribution in [1.82, 2.24) is 0 Å². The number of hydrogen-bond donors (Lipinski definition) is 2. The van der Waals surface area contributed by atoms with E-state index < -0.39 is 0 Å². The Labute approximate surface area is 47.0 Å². The molecular formula is C2H6MgO2. The Hall–Kier alpha value is 0.686. The summed E-state index contributed by atoms with van der Waals surface area (Å²) in [4.78, 5) is 0. The molecule has 3 heteroatoms. The summed E-state index contributed by atoms with van der Waals surface area (Å²) < 4.78 is 0. The highest BCUT2D eigenvalue weighted by Gasteiger charge is 1.58. The van der Waals surface area contributed by atoms with Crippen LogP contribution < -0.4 is 0 Å². The first-order chi connectivity index (χ1) is 1.91. The lowest BCUT2D eigenvalue weighted by Gasteiger charge is -1.70. The summed E-state index contributed by atoms with van der Waals surface area (Å²) in [6, 6.07) is 0. The van der Waals surface area contributed by atoms with E-state index in [1.807, 2.05) is 0 Å². The maximum absolute atomic E-state index is 7.62. The van der Waals surface area contributed by atoms with Crippen LogP contribution in [0.5, 0.6) is 0 Å². The smallest absolute Gasteiger partial charge is 0.0662 e. The van der Waals surface area contributed by atoms with Crippen molar-refractivity contribution in [3.63, 3.8) is 0 Å². The van der Waals surface area contributed by atoms with Crippen molar-refractivity contribution in [3.8, 4) is 0 Å². The Kier molecular flexibility index (Phi) is 16.2. The minimum Gasteiger partial charge on any atom is -0.394 e. The maximum Gasteiger partial charge on any atom is 0.0662 e. The topological polar surface area (TPSA) is 40.5 Å². The molecule has 0 atom stereocenters. The standard InChI is InChI=1S/C2H6O2.Mg/c3-1-2-4;/h3-4H,1-2H2;. The molecule has 0 amide bonds. The summed E-state index contributed by atoms with van der Waals surface area (Å²) in [7, 11) is 0. The maximum atomic E-state index is 7.62. The summed E-state index contributed by atoms with van der Waals surface area (Å²) in [5, 5.41) is 15.2. The van der Waals surface area contributed by atoms with Crippen LogP contribution in [0.1, 0.15) is 0 Å². The third-order valence-corrected chi connectivity index (χ3v) is 0.1000. The van der Waals surface area contributed by atoms with Crippen LogP contribution in [0.4, 0.5) is 0 Å². The predicted octanol–water partition coefficient (Wildman–Crippen LogP) is -1.41. The molecule has 0 aromatic carbocycles. The zero-order chi connectivity index (χ0) is 3.41. The first kappa shape index (κ1) is 9.19. The second-order valence-electron chi connectivity index (χ2n) is 0.447. The Morgan fingerprint density at radius 2 is 1.20 bits per heavy atom. The highest BCUT2D eigenvalue weighted by Crippen LogP contribution is 1.39. The molecule has 0 aromatic rings. The molecule has 5 heavy (non-hydrogen) atoms. The number of hydrogen-bond acceptors (Lipinski definition) is 2. The summed E-state index contributed by atoms with van der Waals surface area (Å²) in [5.41, 5.74) is 0. The minimum absolute atomic E-state index is 0. The van der Waals surface area contributed by atoms with Gasteiger partial charge in [0.1, 0.15) is 0 Å². The van der Waals surface area contributed by atoms with Crippen LogP contribution in [0.3, 0.4) is 0 Å². The van der Waals surface area contributed by atoms with E-state index in [-0.39, 0.29) is 36.3 Å². The number of aliphatic hydroxyl groups is 2. The van der Waals surface area contributed by atoms with Gasteiger partial charge in [-0.15, -0.1) is 0 Å². The van der Waals surface area contributed by atoms with E-state index >= 15 is 0 Å². The van der Waals surface area contributed by atoms with Gasteiger partial charge in [0, 0.05) is 23.1 Å².